The predicted molar refractivity (Wildman–Crippen MR) is 112 cm³/mol. The summed E-state index contributed by atoms with van der Waals surface area (Å²) in [6.45, 7) is 1.08. The largest absolute Gasteiger partial charge is 0.379 e. The third-order valence-corrected chi connectivity index (χ3v) is 4.25. The molecule has 0 radical (unpaired) electrons. The van der Waals surface area contributed by atoms with E-state index in [1.54, 1.807) is 24.3 Å². The summed E-state index contributed by atoms with van der Waals surface area (Å²) in [5, 5.41) is 17.0. The minimum Gasteiger partial charge on any atom is -0.379 e. The van der Waals surface area contributed by atoms with E-state index in [2.05, 4.69) is 31.1 Å². The maximum Gasteiger partial charge on any atom is 0.254 e. The molecule has 0 spiro atoms. The van der Waals surface area contributed by atoms with Gasteiger partial charge in [-0.3, -0.25) is 10.2 Å². The maximum atomic E-state index is 11.8. The topological polar surface area (TPSA) is 176 Å². The number of ether oxygens (including phenoxy) is 1. The van der Waals surface area contributed by atoms with Crippen molar-refractivity contribution in [2.45, 2.75) is 18.5 Å². The zero-order valence-corrected chi connectivity index (χ0v) is 15.6. The lowest BCUT2D eigenvalue weighted by atomic mass is 10.1. The molecule has 8 N–H and O–H groups in total. The molecule has 1 aromatic carbocycles. The average molecular weight is 397 g/mol. The van der Waals surface area contributed by atoms with Crippen molar-refractivity contribution in [3.8, 4) is 0 Å². The summed E-state index contributed by atoms with van der Waals surface area (Å²) in [4.78, 5) is 20.4. The number of nitrogens with one attached hydrogen (secondary N) is 4. The summed E-state index contributed by atoms with van der Waals surface area (Å²) < 4.78 is 5.45. The second kappa shape index (κ2) is 9.57. The number of primary amides is 1. The van der Waals surface area contributed by atoms with Crippen LogP contribution in [0.1, 0.15) is 16.8 Å². The molecular weight excluding hydrogens is 374 g/mol. The van der Waals surface area contributed by atoms with Gasteiger partial charge in [0.15, 0.2) is 0 Å². The third-order valence-electron chi connectivity index (χ3n) is 4.25. The Labute approximate surface area is 167 Å². The van der Waals surface area contributed by atoms with Gasteiger partial charge in [-0.2, -0.15) is 10.1 Å². The molecule has 29 heavy (non-hydrogen) atoms. The third kappa shape index (κ3) is 5.46. The van der Waals surface area contributed by atoms with Gasteiger partial charge in [0, 0.05) is 30.7 Å². The van der Waals surface area contributed by atoms with E-state index >= 15 is 0 Å². The average Bonchev–Trinajstić information content (AvgIpc) is 2.70. The number of hydrogen-bond acceptors (Lipinski definition) is 10. The van der Waals surface area contributed by atoms with Gasteiger partial charge in [0.1, 0.15) is 11.4 Å². The van der Waals surface area contributed by atoms with Gasteiger partial charge in [0.25, 0.3) is 5.91 Å². The molecule has 0 saturated carbocycles. The number of carbonyl (C=O) groups is 1. The van der Waals surface area contributed by atoms with E-state index in [9.17, 15) is 4.79 Å². The molecular formula is C18H23N9O2. The van der Waals surface area contributed by atoms with Gasteiger partial charge in [0.2, 0.25) is 5.95 Å². The van der Waals surface area contributed by atoms with E-state index in [0.29, 0.717) is 30.5 Å². The van der Waals surface area contributed by atoms with Gasteiger partial charge < -0.3 is 32.2 Å². The Kier molecular flexibility index (Phi) is 6.66. The Bertz CT molecular complexity index is 903. The fourth-order valence-corrected chi connectivity index (χ4v) is 2.75. The van der Waals surface area contributed by atoms with Gasteiger partial charge in [-0.15, -0.1) is 0 Å². The summed E-state index contributed by atoms with van der Waals surface area (Å²) in [5.74, 6) is -0.0737. The van der Waals surface area contributed by atoms with E-state index in [-0.39, 0.29) is 23.5 Å². The molecule has 11 heteroatoms. The van der Waals surface area contributed by atoms with Crippen molar-refractivity contribution in [1.29, 1.82) is 5.41 Å². The van der Waals surface area contributed by atoms with E-state index in [1.165, 1.54) is 12.4 Å². The zero-order chi connectivity index (χ0) is 20.6. The molecule has 1 saturated heterocycles. The minimum atomic E-state index is -0.651. The van der Waals surface area contributed by atoms with Gasteiger partial charge in [0.05, 0.1) is 24.6 Å². The summed E-state index contributed by atoms with van der Waals surface area (Å²) in [6.07, 6.45) is 4.48. The molecule has 1 aromatic heterocycles. The highest BCUT2D eigenvalue weighted by molar-refractivity contribution is 6.14. The van der Waals surface area contributed by atoms with Gasteiger partial charge in [-0.05, 0) is 24.6 Å². The summed E-state index contributed by atoms with van der Waals surface area (Å²) in [6, 6.07) is 6.97. The molecule has 0 aliphatic carbocycles. The highest BCUT2D eigenvalue weighted by Gasteiger charge is 2.23. The molecule has 2 atom stereocenters. The van der Waals surface area contributed by atoms with E-state index < -0.39 is 5.91 Å². The second-order valence-electron chi connectivity index (χ2n) is 6.36. The zero-order valence-electron chi connectivity index (χ0n) is 15.6. The lowest BCUT2D eigenvalue weighted by molar-refractivity contribution is 0.0766. The Morgan fingerprint density at radius 1 is 1.38 bits per heavy atom. The summed E-state index contributed by atoms with van der Waals surface area (Å²) in [7, 11) is 0. The van der Waals surface area contributed by atoms with Gasteiger partial charge in [-0.1, -0.05) is 6.07 Å². The molecule has 11 nitrogen and oxygen atoms in total. The number of carbonyl (C=O) groups excluding carboxylic acids is 1. The van der Waals surface area contributed by atoms with Crippen LogP contribution in [0.3, 0.4) is 0 Å². The molecule has 1 amide bonds. The Morgan fingerprint density at radius 2 is 2.21 bits per heavy atom. The number of rotatable bonds is 8. The Balaban J connectivity index is 1.81. The standard InChI is InChI=1S/C18H23N9O2/c19-5-6-23-27-12-3-1-2-11(8-12)24-17-13(16(21)28)9-22-18(26-17)25-15-10-29-7-4-14(15)20/h1-3,5-6,8-9,14-15,19,27H,4,7,10,20H2,(H2,21,28)(H2,22,24,25,26)/b19-5?,23-6-/t14-,15+/m0/s1. The van der Waals surface area contributed by atoms with Crippen LogP contribution in [-0.4, -0.2) is 53.6 Å². The molecule has 1 aliphatic heterocycles. The van der Waals surface area contributed by atoms with Crippen molar-refractivity contribution in [3.05, 3.63) is 36.0 Å². The lowest BCUT2D eigenvalue weighted by Gasteiger charge is -2.29. The molecule has 0 bridgehead atoms. The second-order valence-corrected chi connectivity index (χ2v) is 6.36. The molecule has 0 unspecified atom stereocenters. The van der Waals surface area contributed by atoms with Crippen molar-refractivity contribution >= 4 is 41.5 Å². The number of benzene rings is 1. The number of nitrogens with two attached hydrogens (primary N) is 2. The van der Waals surface area contributed by atoms with E-state index in [1.807, 2.05) is 0 Å². The Morgan fingerprint density at radius 3 is 2.97 bits per heavy atom. The summed E-state index contributed by atoms with van der Waals surface area (Å²) in [5.41, 5.74) is 15.9. The van der Waals surface area contributed by atoms with Crippen LogP contribution in [0.15, 0.2) is 35.6 Å². The van der Waals surface area contributed by atoms with Gasteiger partial charge in [-0.25, -0.2) is 4.98 Å². The van der Waals surface area contributed by atoms with E-state index in [0.717, 1.165) is 12.6 Å². The molecule has 2 aromatic rings. The van der Waals surface area contributed by atoms with Crippen LogP contribution in [0.5, 0.6) is 0 Å². The summed E-state index contributed by atoms with van der Waals surface area (Å²) >= 11 is 0. The number of hydrogen-bond donors (Lipinski definition) is 6. The molecule has 1 aliphatic rings. The monoisotopic (exact) mass is 397 g/mol. The lowest BCUT2D eigenvalue weighted by Crippen LogP contribution is -2.47. The van der Waals surface area contributed by atoms with Crippen molar-refractivity contribution in [2.75, 3.05) is 29.3 Å². The number of amides is 1. The highest BCUT2D eigenvalue weighted by atomic mass is 16.5. The quantitative estimate of drug-likeness (QED) is 0.281. The van der Waals surface area contributed by atoms with Crippen LogP contribution < -0.4 is 27.5 Å². The van der Waals surface area contributed by atoms with Crippen LogP contribution in [-0.2, 0) is 4.74 Å². The van der Waals surface area contributed by atoms with Crippen LogP contribution in [0.4, 0.5) is 23.1 Å². The first-order chi connectivity index (χ1) is 14.1. The van der Waals surface area contributed by atoms with Crippen LogP contribution in [0.25, 0.3) is 0 Å². The van der Waals surface area contributed by atoms with Crippen LogP contribution in [0, 0.1) is 5.41 Å². The smallest absolute Gasteiger partial charge is 0.254 e. The Hall–Kier alpha value is -3.57. The molecule has 152 valence electrons. The van der Waals surface area contributed by atoms with Crippen molar-refractivity contribution in [2.24, 2.45) is 16.6 Å². The highest BCUT2D eigenvalue weighted by Crippen LogP contribution is 2.23. The predicted octanol–water partition coefficient (Wildman–Crippen LogP) is 0.894. The maximum absolute atomic E-state index is 11.8. The first kappa shape index (κ1) is 20.2. The number of nitrogens with zero attached hydrogens (tertiary/aromatic N) is 3. The van der Waals surface area contributed by atoms with E-state index in [4.69, 9.17) is 21.6 Å². The van der Waals surface area contributed by atoms with Crippen molar-refractivity contribution in [1.82, 2.24) is 9.97 Å². The normalized spacial score (nSPS) is 18.9. The fourth-order valence-electron chi connectivity index (χ4n) is 2.75. The molecule has 3 rings (SSSR count). The van der Waals surface area contributed by atoms with Crippen molar-refractivity contribution in [3.63, 3.8) is 0 Å². The first-order valence-electron chi connectivity index (χ1n) is 8.98. The number of anilines is 4. The number of aromatic nitrogens is 2. The SMILES string of the molecule is N=C/C=N\Nc1cccc(Nc2nc(N[C@@H]3COCC[C@@H]3N)ncc2C(N)=O)c1. The number of hydrazone groups is 1. The molecule has 1 fully saturated rings. The molecule has 2 heterocycles. The minimum absolute atomic E-state index is 0.0798. The van der Waals surface area contributed by atoms with Gasteiger partial charge >= 0.3 is 0 Å². The fraction of sp³-hybridized carbons (Fsp3) is 0.278. The van der Waals surface area contributed by atoms with Crippen LogP contribution >= 0.6 is 0 Å². The van der Waals surface area contributed by atoms with Crippen molar-refractivity contribution < 1.29 is 9.53 Å². The van der Waals surface area contributed by atoms with Crippen LogP contribution in [0.2, 0.25) is 0 Å². The first-order valence-corrected chi connectivity index (χ1v) is 8.98.